The average Bonchev–Trinajstić information content (AvgIpc) is 2.89. The van der Waals surface area contributed by atoms with E-state index in [9.17, 15) is 25.0 Å². The van der Waals surface area contributed by atoms with Gasteiger partial charge in [0.15, 0.2) is 0 Å². The van der Waals surface area contributed by atoms with Crippen molar-refractivity contribution in [2.45, 2.75) is 26.7 Å². The molecule has 0 radical (unpaired) electrons. The summed E-state index contributed by atoms with van der Waals surface area (Å²) < 4.78 is 0. The third-order valence-electron chi connectivity index (χ3n) is 6.25. The van der Waals surface area contributed by atoms with Crippen molar-refractivity contribution in [2.75, 3.05) is 31.1 Å². The van der Waals surface area contributed by atoms with Crippen LogP contribution in [0.25, 0.3) is 0 Å². The lowest BCUT2D eigenvalue weighted by atomic mass is 10.0. The standard InChI is InChI=1S/C25H25ClN6O5/c1-3-23-22(12-17-4-6-19(26)7-5-17)24(28-16(2)27-23)29-8-10-30(11-9-29)25(33)18-13-20(31(34)35)15-21(14-18)32(36)37/h4-7,13-15H,3,8-12H2,1-2H3. The number of hydrogen-bond donors (Lipinski definition) is 0. The van der Waals surface area contributed by atoms with E-state index in [1.54, 1.807) is 4.90 Å². The lowest BCUT2D eigenvalue weighted by Crippen LogP contribution is -2.49. The Morgan fingerprint density at radius 1 is 0.973 bits per heavy atom. The van der Waals surface area contributed by atoms with Crippen molar-refractivity contribution in [2.24, 2.45) is 0 Å². The first kappa shape index (κ1) is 26.0. The molecular formula is C25H25ClN6O5. The molecule has 1 aromatic heterocycles. The number of aromatic nitrogens is 2. The van der Waals surface area contributed by atoms with E-state index in [1.165, 1.54) is 0 Å². The molecule has 3 aromatic rings. The second-order valence-electron chi connectivity index (χ2n) is 8.71. The van der Waals surface area contributed by atoms with Gasteiger partial charge in [0.25, 0.3) is 17.3 Å². The van der Waals surface area contributed by atoms with E-state index in [4.69, 9.17) is 16.6 Å². The van der Waals surface area contributed by atoms with Crippen molar-refractivity contribution in [1.29, 1.82) is 0 Å². The highest BCUT2D eigenvalue weighted by Crippen LogP contribution is 2.28. The van der Waals surface area contributed by atoms with E-state index in [-0.39, 0.29) is 5.56 Å². The first-order valence-corrected chi connectivity index (χ1v) is 12.1. The molecule has 0 aliphatic carbocycles. The third kappa shape index (κ3) is 5.83. The van der Waals surface area contributed by atoms with Gasteiger partial charge in [0, 0.05) is 61.0 Å². The minimum atomic E-state index is -0.743. The van der Waals surface area contributed by atoms with Gasteiger partial charge < -0.3 is 9.80 Å². The van der Waals surface area contributed by atoms with Crippen LogP contribution in [0, 0.1) is 27.2 Å². The molecule has 0 unspecified atom stereocenters. The zero-order chi connectivity index (χ0) is 26.7. The van der Waals surface area contributed by atoms with Crippen molar-refractivity contribution >= 4 is 34.7 Å². The van der Waals surface area contributed by atoms with Crippen molar-refractivity contribution in [3.63, 3.8) is 0 Å². The van der Waals surface area contributed by atoms with Gasteiger partial charge in [0.1, 0.15) is 11.6 Å². The number of nitrogens with zero attached hydrogens (tertiary/aromatic N) is 6. The Morgan fingerprint density at radius 3 is 2.11 bits per heavy atom. The summed E-state index contributed by atoms with van der Waals surface area (Å²) in [5.74, 6) is 0.993. The molecule has 0 atom stereocenters. The molecule has 1 aliphatic rings. The number of rotatable bonds is 7. The minimum absolute atomic E-state index is 0.0797. The minimum Gasteiger partial charge on any atom is -0.353 e. The largest absolute Gasteiger partial charge is 0.353 e. The van der Waals surface area contributed by atoms with Gasteiger partial charge in [-0.15, -0.1) is 0 Å². The Bertz CT molecular complexity index is 1320. The smallest absolute Gasteiger partial charge is 0.277 e. The maximum absolute atomic E-state index is 13.1. The summed E-state index contributed by atoms with van der Waals surface area (Å²) in [4.78, 5) is 47.1. The number of anilines is 1. The molecular weight excluding hydrogens is 500 g/mol. The average molecular weight is 525 g/mol. The highest BCUT2D eigenvalue weighted by Gasteiger charge is 2.28. The quantitative estimate of drug-likeness (QED) is 0.328. The number of carbonyl (C=O) groups is 1. The van der Waals surface area contributed by atoms with Gasteiger partial charge in [0.2, 0.25) is 0 Å². The predicted octanol–water partition coefficient (Wildman–Crippen LogP) is 4.37. The second kappa shape index (κ2) is 10.9. The van der Waals surface area contributed by atoms with Crippen molar-refractivity contribution in [3.8, 4) is 0 Å². The first-order valence-electron chi connectivity index (χ1n) is 11.7. The maximum atomic E-state index is 13.1. The highest BCUT2D eigenvalue weighted by atomic mass is 35.5. The van der Waals surface area contributed by atoms with E-state index in [1.807, 2.05) is 38.1 Å². The van der Waals surface area contributed by atoms with Gasteiger partial charge >= 0.3 is 0 Å². The van der Waals surface area contributed by atoms with Crippen LogP contribution in [0.1, 0.15) is 39.9 Å². The van der Waals surface area contributed by atoms with Gasteiger partial charge in [-0.2, -0.15) is 0 Å². The van der Waals surface area contributed by atoms with Crippen molar-refractivity contribution < 1.29 is 14.6 Å². The highest BCUT2D eigenvalue weighted by molar-refractivity contribution is 6.30. The molecule has 1 aliphatic heterocycles. The first-order chi connectivity index (χ1) is 17.7. The van der Waals surface area contributed by atoms with Gasteiger partial charge in [-0.05, 0) is 31.0 Å². The fourth-order valence-electron chi connectivity index (χ4n) is 4.41. The Hall–Kier alpha value is -4.12. The maximum Gasteiger partial charge on any atom is 0.277 e. The molecule has 0 bridgehead atoms. The monoisotopic (exact) mass is 524 g/mol. The number of nitro benzene ring substituents is 2. The molecule has 0 spiro atoms. The summed E-state index contributed by atoms with van der Waals surface area (Å²) in [6.07, 6.45) is 1.37. The van der Waals surface area contributed by atoms with Crippen LogP contribution in [0.15, 0.2) is 42.5 Å². The number of halogens is 1. The Kier molecular flexibility index (Phi) is 7.63. The summed E-state index contributed by atoms with van der Waals surface area (Å²) in [5.41, 5.74) is 1.99. The molecule has 2 aromatic carbocycles. The molecule has 0 saturated carbocycles. The SMILES string of the molecule is CCc1nc(C)nc(N2CCN(C(=O)c3cc([N+](=O)[O-])cc([N+](=O)[O-])c3)CC2)c1Cc1ccc(Cl)cc1. The molecule has 1 saturated heterocycles. The Labute approximate surface area is 218 Å². The second-order valence-corrected chi connectivity index (χ2v) is 9.14. The Morgan fingerprint density at radius 2 is 1.57 bits per heavy atom. The zero-order valence-corrected chi connectivity index (χ0v) is 21.1. The summed E-state index contributed by atoms with van der Waals surface area (Å²) in [6.45, 7) is 5.53. The molecule has 1 amide bonds. The number of non-ortho nitro benzene ring substituents is 2. The Balaban J connectivity index is 1.56. The molecule has 1 fully saturated rings. The zero-order valence-electron chi connectivity index (χ0n) is 20.4. The fraction of sp³-hybridized carbons (Fsp3) is 0.320. The van der Waals surface area contributed by atoms with Gasteiger partial charge in [-0.25, -0.2) is 9.97 Å². The normalized spacial score (nSPS) is 13.5. The number of aryl methyl sites for hydroxylation is 2. The van der Waals surface area contributed by atoms with Crippen molar-refractivity contribution in [3.05, 3.63) is 95.9 Å². The van der Waals surface area contributed by atoms with Gasteiger partial charge in [0.05, 0.1) is 21.5 Å². The van der Waals surface area contributed by atoms with E-state index in [0.29, 0.717) is 43.4 Å². The molecule has 2 heterocycles. The number of carbonyl (C=O) groups excluding carboxylic acids is 1. The van der Waals surface area contributed by atoms with Gasteiger partial charge in [-0.3, -0.25) is 25.0 Å². The van der Waals surface area contributed by atoms with Crippen LogP contribution in [0.2, 0.25) is 5.02 Å². The van der Waals surface area contributed by atoms with Crippen molar-refractivity contribution in [1.82, 2.24) is 14.9 Å². The summed E-state index contributed by atoms with van der Waals surface area (Å²) in [6, 6.07) is 10.6. The molecule has 11 nitrogen and oxygen atoms in total. The van der Waals surface area contributed by atoms with E-state index < -0.39 is 27.1 Å². The topological polar surface area (TPSA) is 136 Å². The molecule has 12 heteroatoms. The summed E-state index contributed by atoms with van der Waals surface area (Å²) >= 11 is 6.05. The van der Waals surface area contributed by atoms with Crippen LogP contribution in [-0.4, -0.2) is 56.8 Å². The van der Waals surface area contributed by atoms with Crippen LogP contribution in [-0.2, 0) is 12.8 Å². The lowest BCUT2D eigenvalue weighted by Gasteiger charge is -2.36. The van der Waals surface area contributed by atoms with Crippen LogP contribution in [0.4, 0.5) is 17.2 Å². The molecule has 37 heavy (non-hydrogen) atoms. The fourth-order valence-corrected chi connectivity index (χ4v) is 4.54. The predicted molar refractivity (Wildman–Crippen MR) is 138 cm³/mol. The van der Waals surface area contributed by atoms with Crippen LogP contribution < -0.4 is 4.90 Å². The molecule has 0 N–H and O–H groups in total. The van der Waals surface area contributed by atoms with Gasteiger partial charge in [-0.1, -0.05) is 30.7 Å². The van der Waals surface area contributed by atoms with E-state index in [0.717, 1.165) is 47.3 Å². The number of nitro groups is 2. The van der Waals surface area contributed by atoms with E-state index in [2.05, 4.69) is 9.88 Å². The van der Waals surface area contributed by atoms with Crippen LogP contribution in [0.5, 0.6) is 0 Å². The third-order valence-corrected chi connectivity index (χ3v) is 6.50. The number of hydrogen-bond acceptors (Lipinski definition) is 8. The summed E-state index contributed by atoms with van der Waals surface area (Å²) in [7, 11) is 0. The number of benzene rings is 2. The van der Waals surface area contributed by atoms with Crippen LogP contribution >= 0.6 is 11.6 Å². The number of piperazine rings is 1. The lowest BCUT2D eigenvalue weighted by molar-refractivity contribution is -0.394. The molecule has 192 valence electrons. The summed E-state index contributed by atoms with van der Waals surface area (Å²) in [5, 5.41) is 23.1. The molecule has 4 rings (SSSR count). The van der Waals surface area contributed by atoms with Crippen LogP contribution in [0.3, 0.4) is 0 Å². The van der Waals surface area contributed by atoms with E-state index >= 15 is 0 Å². The number of amides is 1.